The van der Waals surface area contributed by atoms with Crippen molar-refractivity contribution in [1.82, 2.24) is 0 Å². The molecule has 0 heterocycles. The Morgan fingerprint density at radius 2 is 1.85 bits per heavy atom. The van der Waals surface area contributed by atoms with Gasteiger partial charge >= 0.3 is 0 Å². The molecule has 0 N–H and O–H groups in total. The smallest absolute Gasteiger partial charge is 0.0133 e. The fourth-order valence-corrected chi connectivity index (χ4v) is 1.39. The van der Waals surface area contributed by atoms with E-state index in [1.807, 2.05) is 0 Å². The first-order valence-electron chi connectivity index (χ1n) is 5.09. The van der Waals surface area contributed by atoms with Crippen LogP contribution < -0.4 is 0 Å². The average Bonchev–Trinajstić information content (AvgIpc) is 2.79. The van der Waals surface area contributed by atoms with Crippen LogP contribution in [0.4, 0.5) is 0 Å². The van der Waals surface area contributed by atoms with E-state index in [1.165, 1.54) is 19.3 Å². The van der Waals surface area contributed by atoms with Gasteiger partial charge in [0.25, 0.3) is 0 Å². The maximum Gasteiger partial charge on any atom is -0.0133 e. The molecule has 0 heteroatoms. The van der Waals surface area contributed by atoms with Crippen molar-refractivity contribution >= 4 is 0 Å². The third-order valence-electron chi connectivity index (χ3n) is 2.07. The Kier molecular flexibility index (Phi) is 5.00. The summed E-state index contributed by atoms with van der Waals surface area (Å²) >= 11 is 0. The molecule has 2 aliphatic carbocycles. The summed E-state index contributed by atoms with van der Waals surface area (Å²) in [6.45, 7) is 2.22. The highest BCUT2D eigenvalue weighted by Crippen LogP contribution is 2.14. The maximum atomic E-state index is 2.23. The SMILES string of the molecule is C1=CCC=C1.CCCC1=CC=CC1. The van der Waals surface area contributed by atoms with E-state index in [-0.39, 0.29) is 0 Å². The highest BCUT2D eigenvalue weighted by molar-refractivity contribution is 5.22. The molecular formula is C13H18. The van der Waals surface area contributed by atoms with E-state index in [1.54, 1.807) is 5.57 Å². The second-order valence-corrected chi connectivity index (χ2v) is 3.30. The molecule has 0 radical (unpaired) electrons. The van der Waals surface area contributed by atoms with Gasteiger partial charge in [0, 0.05) is 0 Å². The lowest BCUT2D eigenvalue weighted by atomic mass is 10.1. The first kappa shape index (κ1) is 10.0. The lowest BCUT2D eigenvalue weighted by Crippen LogP contribution is -1.74. The summed E-state index contributed by atoms with van der Waals surface area (Å²) in [4.78, 5) is 0. The van der Waals surface area contributed by atoms with Gasteiger partial charge in [-0.15, -0.1) is 0 Å². The van der Waals surface area contributed by atoms with Gasteiger partial charge in [0.2, 0.25) is 0 Å². The molecule has 0 amide bonds. The van der Waals surface area contributed by atoms with Crippen LogP contribution in [0, 0.1) is 0 Å². The number of hydrogen-bond donors (Lipinski definition) is 0. The van der Waals surface area contributed by atoms with Crippen molar-refractivity contribution in [2.24, 2.45) is 0 Å². The van der Waals surface area contributed by atoms with Crippen molar-refractivity contribution in [2.45, 2.75) is 32.6 Å². The molecule has 0 nitrogen and oxygen atoms in total. The highest BCUT2D eigenvalue weighted by Gasteiger charge is 1.94. The van der Waals surface area contributed by atoms with Crippen LogP contribution >= 0.6 is 0 Å². The van der Waals surface area contributed by atoms with Gasteiger partial charge in [0.15, 0.2) is 0 Å². The van der Waals surface area contributed by atoms with Crippen LogP contribution in [-0.2, 0) is 0 Å². The lowest BCUT2D eigenvalue weighted by molar-refractivity contribution is 0.887. The molecule has 0 saturated carbocycles. The Bertz CT molecular complexity index is 229. The van der Waals surface area contributed by atoms with E-state index in [2.05, 4.69) is 49.5 Å². The van der Waals surface area contributed by atoms with Crippen LogP contribution in [0.2, 0.25) is 0 Å². The maximum absolute atomic E-state index is 2.23. The fourth-order valence-electron chi connectivity index (χ4n) is 1.39. The van der Waals surface area contributed by atoms with Gasteiger partial charge in [-0.3, -0.25) is 0 Å². The molecule has 0 spiro atoms. The zero-order chi connectivity index (χ0) is 9.36. The van der Waals surface area contributed by atoms with Crippen LogP contribution in [0.15, 0.2) is 48.1 Å². The molecule has 13 heavy (non-hydrogen) atoms. The second-order valence-electron chi connectivity index (χ2n) is 3.30. The van der Waals surface area contributed by atoms with Crippen molar-refractivity contribution in [3.8, 4) is 0 Å². The highest BCUT2D eigenvalue weighted by atomic mass is 14.0. The number of allylic oxidation sites excluding steroid dienone is 8. The molecule has 0 aromatic heterocycles. The molecule has 2 aliphatic rings. The van der Waals surface area contributed by atoms with E-state index in [4.69, 9.17) is 0 Å². The largest absolute Gasteiger partial charge is 0.0808 e. The molecule has 0 fully saturated rings. The van der Waals surface area contributed by atoms with Crippen molar-refractivity contribution in [3.05, 3.63) is 48.1 Å². The molecule has 2 rings (SSSR count). The van der Waals surface area contributed by atoms with Crippen LogP contribution in [0.25, 0.3) is 0 Å². The third-order valence-corrected chi connectivity index (χ3v) is 2.07. The Morgan fingerprint density at radius 3 is 2.23 bits per heavy atom. The first-order chi connectivity index (χ1) is 6.43. The molecule has 0 aromatic carbocycles. The first-order valence-corrected chi connectivity index (χ1v) is 5.09. The lowest BCUT2D eigenvalue weighted by Gasteiger charge is -1.93. The molecular weight excluding hydrogens is 156 g/mol. The van der Waals surface area contributed by atoms with Crippen LogP contribution in [-0.4, -0.2) is 0 Å². The Morgan fingerprint density at radius 1 is 1.08 bits per heavy atom. The van der Waals surface area contributed by atoms with Crippen LogP contribution in [0.3, 0.4) is 0 Å². The summed E-state index contributed by atoms with van der Waals surface area (Å²) in [6, 6.07) is 0. The summed E-state index contributed by atoms with van der Waals surface area (Å²) in [5, 5.41) is 0. The minimum Gasteiger partial charge on any atom is -0.0808 e. The van der Waals surface area contributed by atoms with Crippen LogP contribution in [0.5, 0.6) is 0 Å². The van der Waals surface area contributed by atoms with Gasteiger partial charge in [-0.1, -0.05) is 61.4 Å². The van der Waals surface area contributed by atoms with Gasteiger partial charge in [-0.05, 0) is 19.3 Å². The zero-order valence-corrected chi connectivity index (χ0v) is 8.37. The summed E-state index contributed by atoms with van der Waals surface area (Å²) in [5.74, 6) is 0. The molecule has 0 atom stereocenters. The van der Waals surface area contributed by atoms with E-state index in [9.17, 15) is 0 Å². The molecule has 0 saturated heterocycles. The standard InChI is InChI=1S/C8H12.C5H6/c1-2-5-8-6-3-4-7-8;1-2-4-5-3-1/h3-4,6H,2,5,7H2,1H3;1-4H,5H2. The summed E-state index contributed by atoms with van der Waals surface area (Å²) in [5.41, 5.74) is 1.59. The Labute approximate surface area is 81.4 Å². The summed E-state index contributed by atoms with van der Waals surface area (Å²) in [6.07, 6.45) is 19.9. The predicted octanol–water partition coefficient (Wildman–Crippen LogP) is 4.18. The topological polar surface area (TPSA) is 0 Å². The van der Waals surface area contributed by atoms with Crippen LogP contribution in [0.1, 0.15) is 32.6 Å². The van der Waals surface area contributed by atoms with E-state index in [0.717, 1.165) is 6.42 Å². The predicted molar refractivity (Wildman–Crippen MR) is 59.6 cm³/mol. The normalized spacial score (nSPS) is 17.2. The molecule has 70 valence electrons. The Hall–Kier alpha value is -1.04. The fraction of sp³-hybridized carbons (Fsp3) is 0.385. The van der Waals surface area contributed by atoms with Gasteiger partial charge in [0.1, 0.15) is 0 Å². The van der Waals surface area contributed by atoms with Crippen molar-refractivity contribution in [3.63, 3.8) is 0 Å². The quantitative estimate of drug-likeness (QED) is 0.589. The van der Waals surface area contributed by atoms with E-state index < -0.39 is 0 Å². The summed E-state index contributed by atoms with van der Waals surface area (Å²) < 4.78 is 0. The van der Waals surface area contributed by atoms with Gasteiger partial charge in [-0.2, -0.15) is 0 Å². The summed E-state index contributed by atoms with van der Waals surface area (Å²) in [7, 11) is 0. The van der Waals surface area contributed by atoms with E-state index in [0.29, 0.717) is 0 Å². The average molecular weight is 174 g/mol. The van der Waals surface area contributed by atoms with Gasteiger partial charge < -0.3 is 0 Å². The van der Waals surface area contributed by atoms with Crippen molar-refractivity contribution in [1.29, 1.82) is 0 Å². The van der Waals surface area contributed by atoms with Gasteiger partial charge in [-0.25, -0.2) is 0 Å². The Balaban J connectivity index is 0.000000145. The second kappa shape index (κ2) is 6.47. The number of hydrogen-bond acceptors (Lipinski definition) is 0. The molecule has 0 aliphatic heterocycles. The van der Waals surface area contributed by atoms with Gasteiger partial charge in [0.05, 0.1) is 0 Å². The zero-order valence-electron chi connectivity index (χ0n) is 8.37. The van der Waals surface area contributed by atoms with E-state index >= 15 is 0 Å². The molecule has 0 bridgehead atoms. The van der Waals surface area contributed by atoms with Crippen molar-refractivity contribution in [2.75, 3.05) is 0 Å². The minimum absolute atomic E-state index is 1.14. The molecule has 0 unspecified atom stereocenters. The number of rotatable bonds is 2. The monoisotopic (exact) mass is 174 g/mol. The van der Waals surface area contributed by atoms with Crippen molar-refractivity contribution < 1.29 is 0 Å². The minimum atomic E-state index is 1.14. The third kappa shape index (κ3) is 4.51. The molecule has 0 aromatic rings.